The summed E-state index contributed by atoms with van der Waals surface area (Å²) in [7, 11) is 1.65. The minimum Gasteiger partial charge on any atom is -0.497 e. The number of fused-ring (bicyclic) bond motifs is 1. The van der Waals surface area contributed by atoms with Crippen LogP contribution in [0.2, 0.25) is 0 Å². The zero-order valence-electron chi connectivity index (χ0n) is 22.2. The molecule has 202 valence electrons. The van der Waals surface area contributed by atoms with Gasteiger partial charge in [0.15, 0.2) is 12.1 Å². The molecule has 39 heavy (non-hydrogen) atoms. The summed E-state index contributed by atoms with van der Waals surface area (Å²) in [4.78, 5) is 17.5. The molecule has 3 heterocycles. The number of benzene rings is 3. The fourth-order valence-corrected chi connectivity index (χ4v) is 6.66. The molecule has 4 aromatic rings. The normalized spacial score (nSPS) is 16.5. The molecule has 2 aliphatic rings. The Morgan fingerprint density at radius 3 is 2.46 bits per heavy atom. The van der Waals surface area contributed by atoms with Crippen molar-refractivity contribution in [2.24, 2.45) is 0 Å². The third kappa shape index (κ3) is 5.58. The van der Waals surface area contributed by atoms with Gasteiger partial charge in [-0.1, -0.05) is 30.7 Å². The fraction of sp³-hybridized carbons (Fsp3) is 0.344. The van der Waals surface area contributed by atoms with Gasteiger partial charge in [-0.3, -0.25) is 9.69 Å². The van der Waals surface area contributed by atoms with E-state index in [0.717, 1.165) is 57.2 Å². The number of carbonyl (C=O) groups is 1. The van der Waals surface area contributed by atoms with Crippen LogP contribution in [0.5, 0.6) is 11.5 Å². The Kier molecular flexibility index (Phi) is 7.93. The molecular weight excluding hydrogens is 510 g/mol. The monoisotopic (exact) mass is 543 g/mol. The summed E-state index contributed by atoms with van der Waals surface area (Å²) in [6.07, 6.45) is 3.43. The van der Waals surface area contributed by atoms with E-state index in [1.165, 1.54) is 19.3 Å². The molecule has 0 spiro atoms. The van der Waals surface area contributed by atoms with E-state index < -0.39 is 6.29 Å². The van der Waals surface area contributed by atoms with Crippen LogP contribution in [0.3, 0.4) is 0 Å². The summed E-state index contributed by atoms with van der Waals surface area (Å²) in [5.41, 5.74) is 3.19. The number of carbonyl (C=O) groups excluding carboxylic acids is 1. The van der Waals surface area contributed by atoms with Crippen LogP contribution >= 0.6 is 11.3 Å². The SMILES string of the molecule is COc1ccc2c(C(=O)c3ccc(OCCN4CCCCC4)cc3)c(-c3ccccc3C3OCCO3)sc2c1. The summed E-state index contributed by atoms with van der Waals surface area (Å²) in [6.45, 7) is 5.00. The van der Waals surface area contributed by atoms with Gasteiger partial charge >= 0.3 is 0 Å². The van der Waals surface area contributed by atoms with Gasteiger partial charge in [0.1, 0.15) is 18.1 Å². The largest absolute Gasteiger partial charge is 0.497 e. The molecule has 0 amide bonds. The summed E-state index contributed by atoms with van der Waals surface area (Å²) in [5, 5.41) is 0.908. The highest BCUT2D eigenvalue weighted by atomic mass is 32.1. The van der Waals surface area contributed by atoms with Crippen LogP contribution < -0.4 is 9.47 Å². The van der Waals surface area contributed by atoms with Gasteiger partial charge in [0, 0.05) is 43.8 Å². The lowest BCUT2D eigenvalue weighted by atomic mass is 9.95. The number of piperidine rings is 1. The Hall–Kier alpha value is -3.23. The Morgan fingerprint density at radius 1 is 0.949 bits per heavy atom. The van der Waals surface area contributed by atoms with Crippen molar-refractivity contribution in [2.75, 3.05) is 46.6 Å². The number of hydrogen-bond donors (Lipinski definition) is 0. The Labute approximate surface area is 233 Å². The molecule has 1 aromatic heterocycles. The van der Waals surface area contributed by atoms with E-state index in [2.05, 4.69) is 4.90 Å². The number of methoxy groups -OCH3 is 1. The molecule has 0 radical (unpaired) electrons. The molecule has 0 aliphatic carbocycles. The van der Waals surface area contributed by atoms with Crippen molar-refractivity contribution in [1.82, 2.24) is 4.90 Å². The van der Waals surface area contributed by atoms with Gasteiger partial charge in [0.25, 0.3) is 0 Å². The van der Waals surface area contributed by atoms with Gasteiger partial charge in [-0.25, -0.2) is 0 Å². The van der Waals surface area contributed by atoms with Crippen molar-refractivity contribution in [3.8, 4) is 21.9 Å². The van der Waals surface area contributed by atoms with Crippen LogP contribution in [0.1, 0.15) is 47.0 Å². The molecule has 0 bridgehead atoms. The van der Waals surface area contributed by atoms with Crippen molar-refractivity contribution >= 4 is 27.2 Å². The standard InChI is InChI=1S/C32H33NO5S/c1-35-24-13-14-27-28(21-24)39-31(25-7-3-4-8-26(25)32-37-19-20-38-32)29(27)30(34)22-9-11-23(12-10-22)36-18-17-33-15-5-2-6-16-33/h3-4,7-14,21,32H,2,5-6,15-20H2,1H3. The molecule has 2 aliphatic heterocycles. The summed E-state index contributed by atoms with van der Waals surface area (Å²) in [6, 6.07) is 21.4. The lowest BCUT2D eigenvalue weighted by Crippen LogP contribution is -2.33. The molecular formula is C32H33NO5S. The number of rotatable bonds is 9. The van der Waals surface area contributed by atoms with Crippen LogP contribution in [-0.2, 0) is 9.47 Å². The third-order valence-corrected chi connectivity index (χ3v) is 8.63. The van der Waals surface area contributed by atoms with Crippen LogP contribution in [0, 0.1) is 0 Å². The topological polar surface area (TPSA) is 57.2 Å². The minimum atomic E-state index is -0.440. The number of thiophene rings is 1. The zero-order chi connectivity index (χ0) is 26.6. The van der Waals surface area contributed by atoms with Gasteiger partial charge in [-0.15, -0.1) is 11.3 Å². The van der Waals surface area contributed by atoms with Crippen molar-refractivity contribution in [3.05, 3.63) is 83.4 Å². The van der Waals surface area contributed by atoms with E-state index in [1.54, 1.807) is 18.4 Å². The summed E-state index contributed by atoms with van der Waals surface area (Å²) in [5.74, 6) is 1.52. The van der Waals surface area contributed by atoms with Crippen LogP contribution in [0.25, 0.3) is 20.5 Å². The first-order valence-electron chi connectivity index (χ1n) is 13.6. The van der Waals surface area contributed by atoms with E-state index >= 15 is 0 Å². The van der Waals surface area contributed by atoms with Gasteiger partial charge in [-0.2, -0.15) is 0 Å². The number of ether oxygens (including phenoxy) is 4. The van der Waals surface area contributed by atoms with E-state index in [-0.39, 0.29) is 5.78 Å². The maximum Gasteiger partial charge on any atom is 0.195 e. The number of likely N-dealkylation sites (tertiary alicyclic amines) is 1. The fourth-order valence-electron chi connectivity index (χ4n) is 5.39. The van der Waals surface area contributed by atoms with E-state index in [1.807, 2.05) is 66.7 Å². The van der Waals surface area contributed by atoms with Crippen molar-refractivity contribution in [1.29, 1.82) is 0 Å². The Bertz CT molecular complexity index is 1430. The van der Waals surface area contributed by atoms with Crippen molar-refractivity contribution in [3.63, 3.8) is 0 Å². The highest BCUT2D eigenvalue weighted by Crippen LogP contribution is 2.44. The molecule has 2 saturated heterocycles. The zero-order valence-corrected chi connectivity index (χ0v) is 23.0. The van der Waals surface area contributed by atoms with E-state index in [9.17, 15) is 4.79 Å². The van der Waals surface area contributed by atoms with Crippen LogP contribution in [0.4, 0.5) is 0 Å². The third-order valence-electron chi connectivity index (χ3n) is 7.45. The smallest absolute Gasteiger partial charge is 0.195 e. The minimum absolute atomic E-state index is 0.0238. The Morgan fingerprint density at radius 2 is 1.69 bits per heavy atom. The van der Waals surface area contributed by atoms with Crippen LogP contribution in [0.15, 0.2) is 66.7 Å². The van der Waals surface area contributed by atoms with Gasteiger partial charge in [-0.05, 0) is 68.4 Å². The lowest BCUT2D eigenvalue weighted by molar-refractivity contribution is -0.0436. The lowest BCUT2D eigenvalue weighted by Gasteiger charge is -2.26. The van der Waals surface area contributed by atoms with Crippen molar-refractivity contribution < 1.29 is 23.7 Å². The van der Waals surface area contributed by atoms with E-state index in [4.69, 9.17) is 18.9 Å². The first-order valence-corrected chi connectivity index (χ1v) is 14.5. The molecule has 6 nitrogen and oxygen atoms in total. The van der Waals surface area contributed by atoms with Gasteiger partial charge in [0.05, 0.1) is 20.3 Å². The molecule has 2 fully saturated rings. The summed E-state index contributed by atoms with van der Waals surface area (Å²) >= 11 is 1.59. The maximum atomic E-state index is 14.1. The van der Waals surface area contributed by atoms with Gasteiger partial charge in [0.2, 0.25) is 0 Å². The highest BCUT2D eigenvalue weighted by Gasteiger charge is 2.27. The molecule has 7 heteroatoms. The molecule has 0 atom stereocenters. The van der Waals surface area contributed by atoms with Crippen molar-refractivity contribution in [2.45, 2.75) is 25.6 Å². The second-order valence-electron chi connectivity index (χ2n) is 9.93. The second kappa shape index (κ2) is 11.9. The average molecular weight is 544 g/mol. The second-order valence-corrected chi connectivity index (χ2v) is 11.0. The number of nitrogens with zero attached hydrogens (tertiary/aromatic N) is 1. The molecule has 3 aromatic carbocycles. The van der Waals surface area contributed by atoms with Crippen LogP contribution in [-0.4, -0.2) is 57.2 Å². The van der Waals surface area contributed by atoms with Gasteiger partial charge < -0.3 is 18.9 Å². The number of hydrogen-bond acceptors (Lipinski definition) is 7. The molecule has 0 saturated carbocycles. The average Bonchev–Trinajstić information content (AvgIpc) is 3.66. The first kappa shape index (κ1) is 26.0. The highest BCUT2D eigenvalue weighted by molar-refractivity contribution is 7.22. The Balaban J connectivity index is 1.31. The molecule has 0 N–H and O–H groups in total. The predicted molar refractivity (Wildman–Crippen MR) is 154 cm³/mol. The maximum absolute atomic E-state index is 14.1. The first-order chi connectivity index (χ1) is 19.2. The quantitative estimate of drug-likeness (QED) is 0.219. The summed E-state index contributed by atoms with van der Waals surface area (Å²) < 4.78 is 24.2. The number of ketones is 1. The molecule has 0 unspecified atom stereocenters. The van der Waals surface area contributed by atoms with E-state index in [0.29, 0.717) is 30.9 Å². The predicted octanol–water partition coefficient (Wildman–Crippen LogP) is 6.72. The molecule has 6 rings (SSSR count).